The number of alkyl halides is 3. The number of rotatable bonds is 11. The van der Waals surface area contributed by atoms with Crippen LogP contribution in [0.15, 0.2) is 60.9 Å². The van der Waals surface area contributed by atoms with Crippen LogP contribution < -0.4 is 21.3 Å². The molecule has 0 saturated carbocycles. The molecule has 0 aliphatic carbocycles. The molecule has 0 atom stereocenters. The van der Waals surface area contributed by atoms with Crippen molar-refractivity contribution in [1.29, 1.82) is 0 Å². The van der Waals surface area contributed by atoms with Gasteiger partial charge in [-0.1, -0.05) is 18.2 Å². The highest BCUT2D eigenvalue weighted by Gasteiger charge is 2.31. The number of aliphatic hydroxyl groups is 1. The molecule has 4 aromatic rings. The third-order valence-electron chi connectivity index (χ3n) is 6.12. The van der Waals surface area contributed by atoms with Gasteiger partial charge in [0.15, 0.2) is 5.82 Å². The first-order valence-corrected chi connectivity index (χ1v) is 13.0. The van der Waals surface area contributed by atoms with E-state index in [9.17, 15) is 18.0 Å². The first-order valence-electron chi connectivity index (χ1n) is 13.0. The van der Waals surface area contributed by atoms with Crippen molar-refractivity contribution < 1.29 is 23.1 Å². The number of aliphatic hydroxyl groups excluding tert-OH is 1. The van der Waals surface area contributed by atoms with Gasteiger partial charge in [-0.2, -0.15) is 23.0 Å². The summed E-state index contributed by atoms with van der Waals surface area (Å²) in [6.45, 7) is 4.37. The number of carbonyl (C=O) groups excluding carboxylic acids is 1. The van der Waals surface area contributed by atoms with Gasteiger partial charge in [0, 0.05) is 49.2 Å². The lowest BCUT2D eigenvalue weighted by Crippen LogP contribution is -2.17. The largest absolute Gasteiger partial charge is 0.416 e. The highest BCUT2D eigenvalue weighted by Crippen LogP contribution is 2.32. The molecule has 10 nitrogen and oxygen atoms in total. The molecular formula is C29H31F3N8O2. The van der Waals surface area contributed by atoms with Crippen LogP contribution in [-0.2, 0) is 6.18 Å². The van der Waals surface area contributed by atoms with Crippen LogP contribution in [-0.4, -0.2) is 57.5 Å². The maximum absolute atomic E-state index is 13.6. The van der Waals surface area contributed by atoms with Gasteiger partial charge in [0.05, 0.1) is 17.9 Å². The van der Waals surface area contributed by atoms with Crippen LogP contribution in [0.5, 0.6) is 0 Å². The molecule has 0 aliphatic heterocycles. The van der Waals surface area contributed by atoms with E-state index >= 15 is 0 Å². The number of amides is 1. The fourth-order valence-corrected chi connectivity index (χ4v) is 4.04. The van der Waals surface area contributed by atoms with Crippen molar-refractivity contribution in [2.45, 2.75) is 20.0 Å². The number of aromatic nitrogens is 4. The zero-order valence-electron chi connectivity index (χ0n) is 23.3. The summed E-state index contributed by atoms with van der Waals surface area (Å²) in [5.41, 5.74) is 1.79. The topological polar surface area (TPSA) is 129 Å². The first kappa shape index (κ1) is 30.2. The molecule has 2 heterocycles. The molecule has 0 fully saturated rings. The molecule has 1 amide bonds. The smallest absolute Gasteiger partial charge is 0.395 e. The van der Waals surface area contributed by atoms with Crippen LogP contribution in [0.1, 0.15) is 32.7 Å². The molecule has 13 heteroatoms. The number of carbonyl (C=O) groups is 1. The van der Waals surface area contributed by atoms with Crippen molar-refractivity contribution in [3.63, 3.8) is 0 Å². The Morgan fingerprint density at radius 3 is 2.62 bits per heavy atom. The third-order valence-corrected chi connectivity index (χ3v) is 6.12. The summed E-state index contributed by atoms with van der Waals surface area (Å²) in [7, 11) is 1.75. The Bertz CT molecular complexity index is 1580. The molecule has 0 unspecified atom stereocenters. The number of anilines is 4. The highest BCUT2D eigenvalue weighted by atomic mass is 19.4. The van der Waals surface area contributed by atoms with E-state index in [-0.39, 0.29) is 17.7 Å². The van der Waals surface area contributed by atoms with Gasteiger partial charge >= 0.3 is 6.18 Å². The SMILES string of the molecule is CNc1cc(-n2nc(C)cc2Nc2cc(NC(=O)c3cc(C=CCNCCO)cc(C(F)(F)F)c3)ccc2C)ncn1. The van der Waals surface area contributed by atoms with E-state index in [1.807, 2.05) is 19.9 Å². The Balaban J connectivity index is 1.58. The van der Waals surface area contributed by atoms with Crippen molar-refractivity contribution >= 4 is 35.0 Å². The van der Waals surface area contributed by atoms with Crippen LogP contribution in [0.25, 0.3) is 11.9 Å². The van der Waals surface area contributed by atoms with E-state index in [1.165, 1.54) is 18.5 Å². The van der Waals surface area contributed by atoms with E-state index in [2.05, 4.69) is 36.3 Å². The van der Waals surface area contributed by atoms with Gasteiger partial charge in [0.2, 0.25) is 0 Å². The second-order valence-corrected chi connectivity index (χ2v) is 9.37. The molecule has 2 aromatic heterocycles. The fraction of sp³-hybridized carbons (Fsp3) is 0.241. The molecular weight excluding hydrogens is 549 g/mol. The van der Waals surface area contributed by atoms with Gasteiger partial charge < -0.3 is 26.4 Å². The number of nitrogens with one attached hydrogen (secondary N) is 4. The summed E-state index contributed by atoms with van der Waals surface area (Å²) in [6.07, 6.45) is -0.0922. The van der Waals surface area contributed by atoms with Crippen LogP contribution in [0.4, 0.5) is 36.2 Å². The lowest BCUT2D eigenvalue weighted by atomic mass is 10.0. The van der Waals surface area contributed by atoms with E-state index in [1.54, 1.807) is 42.1 Å². The number of halogens is 3. The lowest BCUT2D eigenvalue weighted by Gasteiger charge is -2.14. The molecule has 5 N–H and O–H groups in total. The van der Waals surface area contributed by atoms with Gasteiger partial charge in [-0.15, -0.1) is 0 Å². The average molecular weight is 581 g/mol. The maximum Gasteiger partial charge on any atom is 0.416 e. The summed E-state index contributed by atoms with van der Waals surface area (Å²) in [6, 6.07) is 11.9. The zero-order chi connectivity index (χ0) is 30.3. The van der Waals surface area contributed by atoms with Crippen molar-refractivity contribution in [2.75, 3.05) is 42.7 Å². The molecule has 4 rings (SSSR count). The molecule has 0 spiro atoms. The van der Waals surface area contributed by atoms with Crippen molar-refractivity contribution in [1.82, 2.24) is 25.1 Å². The Hall–Kier alpha value is -4.75. The second-order valence-electron chi connectivity index (χ2n) is 9.37. The van der Waals surface area contributed by atoms with Gasteiger partial charge in [-0.05, 0) is 55.3 Å². The Morgan fingerprint density at radius 1 is 1.07 bits per heavy atom. The van der Waals surface area contributed by atoms with Gasteiger partial charge in [-0.25, -0.2) is 9.97 Å². The molecule has 220 valence electrons. The fourth-order valence-electron chi connectivity index (χ4n) is 4.04. The van der Waals surface area contributed by atoms with E-state index in [4.69, 9.17) is 5.11 Å². The number of hydrogen-bond donors (Lipinski definition) is 5. The molecule has 2 aromatic carbocycles. The summed E-state index contributed by atoms with van der Waals surface area (Å²) in [5, 5.41) is 25.3. The molecule has 0 aliphatic rings. The van der Waals surface area contributed by atoms with E-state index in [0.29, 0.717) is 41.9 Å². The van der Waals surface area contributed by atoms with Crippen LogP contribution in [0, 0.1) is 13.8 Å². The normalized spacial score (nSPS) is 11.6. The first-order chi connectivity index (χ1) is 20.1. The van der Waals surface area contributed by atoms with Crippen LogP contribution >= 0.6 is 0 Å². The minimum atomic E-state index is -4.63. The predicted octanol–water partition coefficient (Wildman–Crippen LogP) is 4.93. The summed E-state index contributed by atoms with van der Waals surface area (Å²) in [5.74, 6) is 1.07. The average Bonchev–Trinajstić information content (AvgIpc) is 3.33. The Morgan fingerprint density at radius 2 is 1.88 bits per heavy atom. The highest BCUT2D eigenvalue weighted by molar-refractivity contribution is 6.05. The molecule has 0 radical (unpaired) electrons. The standard InChI is InChI=1S/C29H31F3N8O2/c1-18-6-7-23(15-24(18)38-27-11-19(2)39-40(27)26-16-25(33-3)35-17-36-26)37-28(42)21-12-20(5-4-8-34-9-10-41)13-22(14-21)29(30,31)32/h4-7,11-17,34,38,41H,8-10H2,1-3H3,(H,37,42)(H,33,35,36). The molecule has 42 heavy (non-hydrogen) atoms. The van der Waals surface area contributed by atoms with Crippen LogP contribution in [0.2, 0.25) is 0 Å². The predicted molar refractivity (Wildman–Crippen MR) is 156 cm³/mol. The summed E-state index contributed by atoms with van der Waals surface area (Å²) < 4.78 is 42.4. The minimum absolute atomic E-state index is 0.0549. The van der Waals surface area contributed by atoms with Gasteiger partial charge in [0.1, 0.15) is 18.0 Å². The van der Waals surface area contributed by atoms with E-state index in [0.717, 1.165) is 23.4 Å². The zero-order valence-corrected chi connectivity index (χ0v) is 23.3. The van der Waals surface area contributed by atoms with Crippen molar-refractivity contribution in [3.05, 3.63) is 88.9 Å². The Kier molecular flexibility index (Phi) is 9.55. The summed E-state index contributed by atoms with van der Waals surface area (Å²) in [4.78, 5) is 21.6. The summed E-state index contributed by atoms with van der Waals surface area (Å²) >= 11 is 0. The number of nitrogens with zero attached hydrogens (tertiary/aromatic N) is 4. The van der Waals surface area contributed by atoms with Crippen molar-refractivity contribution in [2.24, 2.45) is 0 Å². The van der Waals surface area contributed by atoms with Gasteiger partial charge in [0.25, 0.3) is 5.91 Å². The number of benzene rings is 2. The number of aryl methyl sites for hydroxylation is 2. The lowest BCUT2D eigenvalue weighted by molar-refractivity contribution is -0.137. The second kappa shape index (κ2) is 13.3. The Labute approximate surface area is 240 Å². The van der Waals surface area contributed by atoms with Crippen molar-refractivity contribution in [3.8, 4) is 5.82 Å². The van der Waals surface area contributed by atoms with E-state index < -0.39 is 17.6 Å². The van der Waals surface area contributed by atoms with Crippen LogP contribution in [0.3, 0.4) is 0 Å². The molecule has 0 saturated heterocycles. The number of hydrogen-bond acceptors (Lipinski definition) is 8. The van der Waals surface area contributed by atoms with Gasteiger partial charge in [-0.3, -0.25) is 4.79 Å². The molecule has 0 bridgehead atoms. The maximum atomic E-state index is 13.6. The third kappa shape index (κ3) is 7.71. The monoisotopic (exact) mass is 580 g/mol. The quantitative estimate of drug-likeness (QED) is 0.158. The minimum Gasteiger partial charge on any atom is -0.395 e.